The van der Waals surface area contributed by atoms with E-state index in [1.54, 1.807) is 0 Å². The number of nitrogens with zero attached hydrogens (tertiary/aromatic N) is 1. The Bertz CT molecular complexity index is 2190. The summed E-state index contributed by atoms with van der Waals surface area (Å²) in [5.74, 6) is 1.78. The summed E-state index contributed by atoms with van der Waals surface area (Å²) in [5, 5.41) is 0. The second kappa shape index (κ2) is 9.37. The van der Waals surface area contributed by atoms with Gasteiger partial charge in [0, 0.05) is 28.3 Å². The van der Waals surface area contributed by atoms with Crippen LogP contribution in [0.2, 0.25) is 0 Å². The van der Waals surface area contributed by atoms with Crippen molar-refractivity contribution in [3.63, 3.8) is 0 Å². The molecule has 222 valence electrons. The standard InChI is InChI=1S/C43H33NO2/c1-43(2)34-15-6-5-14-31(34)32-20-19-28(25-35(32)43)27-11-9-12-29(24-27)44-36-22-23-39-42(46-38-17-8-7-16-37(38)45-39)40(36)33-21-18-26-10-3-4-13-30(26)41(33)44/h3-25,33,39,41-42H,1-2H3. The number of hydrogen-bond acceptors (Lipinski definition) is 3. The lowest BCUT2D eigenvalue weighted by Crippen LogP contribution is -2.42. The second-order valence-electron chi connectivity index (χ2n) is 13.6. The van der Waals surface area contributed by atoms with Crippen LogP contribution in [0.4, 0.5) is 5.69 Å². The van der Waals surface area contributed by atoms with E-state index in [-0.39, 0.29) is 29.6 Å². The molecule has 0 spiro atoms. The van der Waals surface area contributed by atoms with Crippen LogP contribution in [-0.2, 0) is 5.41 Å². The second-order valence-corrected chi connectivity index (χ2v) is 13.6. The van der Waals surface area contributed by atoms with Crippen molar-refractivity contribution >= 4 is 11.8 Å². The van der Waals surface area contributed by atoms with E-state index in [2.05, 4.69) is 134 Å². The summed E-state index contributed by atoms with van der Waals surface area (Å²) in [6, 6.07) is 42.0. The molecule has 46 heavy (non-hydrogen) atoms. The van der Waals surface area contributed by atoms with Crippen molar-refractivity contribution in [1.82, 2.24) is 0 Å². The molecule has 10 rings (SSSR count). The molecule has 0 fully saturated rings. The van der Waals surface area contributed by atoms with Gasteiger partial charge in [-0.3, -0.25) is 0 Å². The molecule has 0 aromatic heterocycles. The van der Waals surface area contributed by atoms with Crippen molar-refractivity contribution < 1.29 is 9.47 Å². The summed E-state index contributed by atoms with van der Waals surface area (Å²) >= 11 is 0. The van der Waals surface area contributed by atoms with E-state index in [1.807, 2.05) is 24.3 Å². The number of allylic oxidation sites excluding steroid dienone is 1. The highest BCUT2D eigenvalue weighted by Crippen LogP contribution is 2.55. The summed E-state index contributed by atoms with van der Waals surface area (Å²) in [5.41, 5.74) is 14.2. The van der Waals surface area contributed by atoms with Gasteiger partial charge in [0.2, 0.25) is 0 Å². The Morgan fingerprint density at radius 3 is 2.30 bits per heavy atom. The van der Waals surface area contributed by atoms with E-state index in [4.69, 9.17) is 9.47 Å². The molecular weight excluding hydrogens is 562 g/mol. The van der Waals surface area contributed by atoms with E-state index in [0.717, 1.165) is 11.5 Å². The molecule has 0 amide bonds. The number of benzene rings is 5. The first-order chi connectivity index (χ1) is 22.6. The average molecular weight is 596 g/mol. The minimum Gasteiger partial charge on any atom is -0.478 e. The molecule has 2 heterocycles. The highest BCUT2D eigenvalue weighted by atomic mass is 16.6. The smallest absolute Gasteiger partial charge is 0.163 e. The summed E-state index contributed by atoms with van der Waals surface area (Å²) in [4.78, 5) is 2.55. The van der Waals surface area contributed by atoms with Crippen LogP contribution < -0.4 is 14.4 Å². The monoisotopic (exact) mass is 595 g/mol. The Kier molecular flexibility index (Phi) is 5.29. The Balaban J connectivity index is 1.10. The summed E-state index contributed by atoms with van der Waals surface area (Å²) in [7, 11) is 0. The minimum atomic E-state index is -0.189. The fourth-order valence-electron chi connectivity index (χ4n) is 8.63. The average Bonchev–Trinajstić information content (AvgIpc) is 3.57. The lowest BCUT2D eigenvalue weighted by Gasteiger charge is -2.37. The third-order valence-corrected chi connectivity index (χ3v) is 10.8. The van der Waals surface area contributed by atoms with Crippen LogP contribution in [0.3, 0.4) is 0 Å². The maximum atomic E-state index is 6.76. The zero-order valence-corrected chi connectivity index (χ0v) is 25.9. The van der Waals surface area contributed by atoms with Crippen molar-refractivity contribution in [2.24, 2.45) is 5.92 Å². The zero-order valence-electron chi connectivity index (χ0n) is 25.9. The van der Waals surface area contributed by atoms with Gasteiger partial charge in [0.1, 0.15) is 0 Å². The van der Waals surface area contributed by atoms with E-state index in [9.17, 15) is 0 Å². The van der Waals surface area contributed by atoms with Gasteiger partial charge < -0.3 is 14.4 Å². The molecule has 0 radical (unpaired) electrons. The maximum Gasteiger partial charge on any atom is 0.163 e. The molecule has 0 N–H and O–H groups in total. The normalized spacial score (nSPS) is 23.7. The number of ether oxygens (including phenoxy) is 2. The topological polar surface area (TPSA) is 21.7 Å². The lowest BCUT2D eigenvalue weighted by molar-refractivity contribution is 0.0639. The number of fused-ring (bicyclic) bond motifs is 10. The molecule has 3 aliphatic carbocycles. The van der Waals surface area contributed by atoms with Crippen LogP contribution in [0.5, 0.6) is 11.5 Å². The summed E-state index contributed by atoms with van der Waals surface area (Å²) in [6.45, 7) is 4.70. The van der Waals surface area contributed by atoms with Gasteiger partial charge >= 0.3 is 0 Å². The van der Waals surface area contributed by atoms with Gasteiger partial charge in [0.05, 0.1) is 6.04 Å². The van der Waals surface area contributed by atoms with Crippen LogP contribution in [0.1, 0.15) is 42.1 Å². The number of anilines is 1. The van der Waals surface area contributed by atoms with Crippen molar-refractivity contribution in [1.29, 1.82) is 0 Å². The number of hydrogen-bond donors (Lipinski definition) is 0. The molecule has 0 bridgehead atoms. The Morgan fingerprint density at radius 1 is 0.630 bits per heavy atom. The first kappa shape index (κ1) is 26.0. The molecule has 5 aliphatic rings. The molecule has 2 aliphatic heterocycles. The van der Waals surface area contributed by atoms with Crippen molar-refractivity contribution in [3.8, 4) is 33.8 Å². The van der Waals surface area contributed by atoms with Gasteiger partial charge in [0.15, 0.2) is 23.7 Å². The lowest BCUT2D eigenvalue weighted by atomic mass is 9.79. The molecule has 0 saturated heterocycles. The Labute approximate surface area is 269 Å². The molecule has 5 aromatic rings. The number of para-hydroxylation sites is 2. The third-order valence-electron chi connectivity index (χ3n) is 10.8. The highest BCUT2D eigenvalue weighted by molar-refractivity contribution is 5.84. The largest absolute Gasteiger partial charge is 0.478 e. The van der Waals surface area contributed by atoms with Gasteiger partial charge in [-0.25, -0.2) is 0 Å². The van der Waals surface area contributed by atoms with Gasteiger partial charge in [0.25, 0.3) is 0 Å². The molecule has 5 aromatic carbocycles. The van der Waals surface area contributed by atoms with Crippen LogP contribution in [0.15, 0.2) is 145 Å². The van der Waals surface area contributed by atoms with Crippen molar-refractivity contribution in [2.45, 2.75) is 37.5 Å². The molecule has 4 atom stereocenters. The van der Waals surface area contributed by atoms with E-state index in [0.29, 0.717) is 0 Å². The Hall–Kier alpha value is -5.28. The zero-order chi connectivity index (χ0) is 30.6. The van der Waals surface area contributed by atoms with Crippen LogP contribution in [0.25, 0.3) is 28.3 Å². The van der Waals surface area contributed by atoms with Gasteiger partial charge in [-0.05, 0) is 87.0 Å². The first-order valence-corrected chi connectivity index (χ1v) is 16.3. The van der Waals surface area contributed by atoms with Crippen LogP contribution >= 0.6 is 0 Å². The summed E-state index contributed by atoms with van der Waals surface area (Å²) < 4.78 is 13.3. The van der Waals surface area contributed by atoms with Gasteiger partial charge in [-0.2, -0.15) is 0 Å². The molecular formula is C43H33NO2. The van der Waals surface area contributed by atoms with Crippen LogP contribution in [0, 0.1) is 5.92 Å². The fraction of sp³-hybridized carbons (Fsp3) is 0.163. The third kappa shape index (κ3) is 3.54. The quantitative estimate of drug-likeness (QED) is 0.203. The Morgan fingerprint density at radius 2 is 1.39 bits per heavy atom. The predicted octanol–water partition coefficient (Wildman–Crippen LogP) is 9.90. The van der Waals surface area contributed by atoms with E-state index in [1.165, 1.54) is 61.5 Å². The molecule has 3 heteroatoms. The molecule has 0 saturated carbocycles. The van der Waals surface area contributed by atoms with E-state index < -0.39 is 0 Å². The van der Waals surface area contributed by atoms with Gasteiger partial charge in [-0.1, -0.05) is 111 Å². The number of rotatable bonds is 2. The summed E-state index contributed by atoms with van der Waals surface area (Å²) in [6.07, 6.45) is 8.77. The molecule has 3 nitrogen and oxygen atoms in total. The first-order valence-electron chi connectivity index (χ1n) is 16.3. The highest BCUT2D eigenvalue weighted by Gasteiger charge is 2.50. The van der Waals surface area contributed by atoms with Crippen molar-refractivity contribution in [2.75, 3.05) is 4.90 Å². The van der Waals surface area contributed by atoms with Crippen molar-refractivity contribution in [3.05, 3.63) is 167 Å². The van der Waals surface area contributed by atoms with E-state index >= 15 is 0 Å². The SMILES string of the molecule is CC1(C)c2ccccc2-c2ccc(-c3cccc(N4C5=C(C6C=Cc7ccccc7C64)C4Oc6ccccc6OC4C=C5)c3)cc21. The van der Waals surface area contributed by atoms with Gasteiger partial charge in [-0.15, -0.1) is 0 Å². The minimum absolute atomic E-state index is 0.0380. The fourth-order valence-corrected chi connectivity index (χ4v) is 8.63. The predicted molar refractivity (Wildman–Crippen MR) is 185 cm³/mol. The van der Waals surface area contributed by atoms with Crippen LogP contribution in [-0.4, -0.2) is 12.2 Å². The maximum absolute atomic E-state index is 6.76. The molecule has 4 unspecified atom stereocenters.